The second kappa shape index (κ2) is 14.4. The van der Waals surface area contributed by atoms with Crippen molar-refractivity contribution in [1.29, 1.82) is 0 Å². The van der Waals surface area contributed by atoms with E-state index in [2.05, 4.69) is 20.9 Å². The molecule has 1 heterocycles. The third-order valence-electron chi connectivity index (χ3n) is 5.88. The lowest BCUT2D eigenvalue weighted by molar-refractivity contribution is -0.136. The SMILES string of the molecule is CC(C)C[C@@H]1NC(=O)C[C@@H](C(=O)NCCCCN(C)C)NC(=O)c2ccccc2OCCN(C)C1=O. The number of benzene rings is 1. The van der Waals surface area contributed by atoms with Gasteiger partial charge in [0.15, 0.2) is 0 Å². The van der Waals surface area contributed by atoms with Crippen LogP contribution in [0.2, 0.25) is 0 Å². The summed E-state index contributed by atoms with van der Waals surface area (Å²) in [4.78, 5) is 55.7. The number of amides is 4. The second-order valence-corrected chi connectivity index (χ2v) is 9.89. The molecule has 0 unspecified atom stereocenters. The molecule has 2 atom stereocenters. The van der Waals surface area contributed by atoms with E-state index in [0.29, 0.717) is 18.7 Å². The van der Waals surface area contributed by atoms with Crippen LogP contribution >= 0.6 is 0 Å². The van der Waals surface area contributed by atoms with Gasteiger partial charge in [-0.25, -0.2) is 0 Å². The number of carbonyl (C=O) groups excluding carboxylic acids is 4. The molecule has 0 aliphatic carbocycles. The Balaban J connectivity index is 2.25. The second-order valence-electron chi connectivity index (χ2n) is 9.89. The van der Waals surface area contributed by atoms with Gasteiger partial charge in [0.25, 0.3) is 5.91 Å². The molecule has 0 saturated carbocycles. The van der Waals surface area contributed by atoms with E-state index in [0.717, 1.165) is 19.4 Å². The summed E-state index contributed by atoms with van der Waals surface area (Å²) in [7, 11) is 5.62. The van der Waals surface area contributed by atoms with Crippen LogP contribution in [0.3, 0.4) is 0 Å². The summed E-state index contributed by atoms with van der Waals surface area (Å²) < 4.78 is 5.82. The molecule has 2 rings (SSSR count). The minimum atomic E-state index is -1.10. The number of para-hydroxylation sites is 1. The standard InChI is InChI=1S/C26H41N5O5/c1-18(2)16-21-26(35)31(5)14-15-36-22-11-7-6-10-19(22)24(33)29-20(17-23(32)28-21)25(34)27-12-8-9-13-30(3)4/h6-7,10-11,18,20-21H,8-9,12-17H2,1-5H3,(H,27,34)(H,28,32)(H,29,33)/t20-,21-/m0/s1. The van der Waals surface area contributed by atoms with Gasteiger partial charge in [0.2, 0.25) is 17.7 Å². The number of nitrogens with zero attached hydrogens (tertiary/aromatic N) is 2. The van der Waals surface area contributed by atoms with Crippen LogP contribution in [0.25, 0.3) is 0 Å². The summed E-state index contributed by atoms with van der Waals surface area (Å²) >= 11 is 0. The van der Waals surface area contributed by atoms with Gasteiger partial charge >= 0.3 is 0 Å². The third-order valence-corrected chi connectivity index (χ3v) is 5.88. The topological polar surface area (TPSA) is 120 Å². The van der Waals surface area contributed by atoms with E-state index in [4.69, 9.17) is 4.74 Å². The third kappa shape index (κ3) is 9.49. The average molecular weight is 504 g/mol. The highest BCUT2D eigenvalue weighted by atomic mass is 16.5. The molecule has 0 fully saturated rings. The van der Waals surface area contributed by atoms with Crippen LogP contribution in [0.4, 0.5) is 0 Å². The zero-order valence-corrected chi connectivity index (χ0v) is 22.1. The Morgan fingerprint density at radius 1 is 1.17 bits per heavy atom. The predicted octanol–water partition coefficient (Wildman–Crippen LogP) is 1.01. The summed E-state index contributed by atoms with van der Waals surface area (Å²) in [6.45, 7) is 5.73. The molecule has 10 nitrogen and oxygen atoms in total. The summed E-state index contributed by atoms with van der Waals surface area (Å²) in [5, 5.41) is 8.31. The lowest BCUT2D eigenvalue weighted by Crippen LogP contribution is -2.53. The Kier molecular flexibility index (Phi) is 11.7. The lowest BCUT2D eigenvalue weighted by Gasteiger charge is -2.27. The van der Waals surface area contributed by atoms with Crippen LogP contribution in [0.5, 0.6) is 5.75 Å². The van der Waals surface area contributed by atoms with Gasteiger partial charge in [-0.2, -0.15) is 0 Å². The van der Waals surface area contributed by atoms with E-state index in [9.17, 15) is 19.2 Å². The van der Waals surface area contributed by atoms with E-state index in [1.807, 2.05) is 27.9 Å². The molecule has 4 amide bonds. The quantitative estimate of drug-likeness (QED) is 0.456. The Bertz CT molecular complexity index is 904. The molecule has 1 aromatic rings. The first-order valence-corrected chi connectivity index (χ1v) is 12.6. The number of fused-ring (bicyclic) bond motifs is 1. The number of unbranched alkanes of at least 4 members (excludes halogenated alkanes) is 1. The summed E-state index contributed by atoms with van der Waals surface area (Å²) in [5.41, 5.74) is 0.255. The van der Waals surface area contributed by atoms with Crippen LogP contribution in [-0.2, 0) is 14.4 Å². The van der Waals surface area contributed by atoms with E-state index in [-0.39, 0.29) is 37.0 Å². The maximum Gasteiger partial charge on any atom is 0.255 e. The zero-order valence-electron chi connectivity index (χ0n) is 22.1. The van der Waals surface area contributed by atoms with Crippen molar-refractivity contribution >= 4 is 23.6 Å². The maximum absolute atomic E-state index is 13.1. The van der Waals surface area contributed by atoms with Crippen LogP contribution < -0.4 is 20.7 Å². The number of hydrogen-bond acceptors (Lipinski definition) is 6. The van der Waals surface area contributed by atoms with Crippen LogP contribution in [-0.4, -0.2) is 92.9 Å². The molecular formula is C26H41N5O5. The molecule has 36 heavy (non-hydrogen) atoms. The first kappa shape index (κ1) is 29.1. The van der Waals surface area contributed by atoms with Crippen molar-refractivity contribution < 1.29 is 23.9 Å². The molecule has 1 aliphatic heterocycles. The lowest BCUT2D eigenvalue weighted by atomic mass is 10.0. The van der Waals surface area contributed by atoms with E-state index >= 15 is 0 Å². The number of hydrogen-bond donors (Lipinski definition) is 3. The van der Waals surface area contributed by atoms with E-state index < -0.39 is 29.8 Å². The summed E-state index contributed by atoms with van der Waals surface area (Å²) in [6, 6.07) is 4.87. The monoisotopic (exact) mass is 503 g/mol. The molecule has 0 spiro atoms. The van der Waals surface area contributed by atoms with E-state index in [1.54, 1.807) is 31.3 Å². The highest BCUT2D eigenvalue weighted by Gasteiger charge is 2.30. The molecule has 0 saturated heterocycles. The first-order valence-electron chi connectivity index (χ1n) is 12.6. The van der Waals surface area contributed by atoms with Crippen LogP contribution in [0, 0.1) is 5.92 Å². The zero-order chi connectivity index (χ0) is 26.7. The van der Waals surface area contributed by atoms with Crippen molar-refractivity contribution in [3.05, 3.63) is 29.8 Å². The van der Waals surface area contributed by atoms with Gasteiger partial charge in [-0.15, -0.1) is 0 Å². The fraction of sp³-hybridized carbons (Fsp3) is 0.615. The normalized spacial score (nSPS) is 19.8. The Hall–Kier alpha value is -3.14. The van der Waals surface area contributed by atoms with Crippen molar-refractivity contribution in [1.82, 2.24) is 25.8 Å². The largest absolute Gasteiger partial charge is 0.491 e. The summed E-state index contributed by atoms with van der Waals surface area (Å²) in [5.74, 6) is -1.15. The predicted molar refractivity (Wildman–Crippen MR) is 138 cm³/mol. The minimum Gasteiger partial charge on any atom is -0.491 e. The molecule has 3 N–H and O–H groups in total. The molecule has 0 radical (unpaired) electrons. The van der Waals surface area contributed by atoms with Gasteiger partial charge in [-0.3, -0.25) is 19.2 Å². The number of rotatable bonds is 8. The number of ether oxygens (including phenoxy) is 1. The highest BCUT2D eigenvalue weighted by Crippen LogP contribution is 2.19. The number of likely N-dealkylation sites (N-methyl/N-ethyl adjacent to an activating group) is 1. The molecule has 0 aromatic heterocycles. The molecule has 10 heteroatoms. The Morgan fingerprint density at radius 2 is 1.89 bits per heavy atom. The number of nitrogens with one attached hydrogen (secondary N) is 3. The molecule has 1 aromatic carbocycles. The fourth-order valence-electron chi connectivity index (χ4n) is 3.91. The fourth-order valence-corrected chi connectivity index (χ4v) is 3.91. The van der Waals surface area contributed by atoms with Gasteiger partial charge in [-0.1, -0.05) is 26.0 Å². The van der Waals surface area contributed by atoms with Crippen molar-refractivity contribution in [3.8, 4) is 5.75 Å². The smallest absolute Gasteiger partial charge is 0.255 e. The van der Waals surface area contributed by atoms with Crippen molar-refractivity contribution in [2.24, 2.45) is 5.92 Å². The van der Waals surface area contributed by atoms with Gasteiger partial charge < -0.3 is 30.5 Å². The van der Waals surface area contributed by atoms with Crippen molar-refractivity contribution in [2.75, 3.05) is 47.4 Å². The summed E-state index contributed by atoms with van der Waals surface area (Å²) in [6.07, 6.45) is 1.84. The molecule has 0 bridgehead atoms. The van der Waals surface area contributed by atoms with Crippen LogP contribution in [0.15, 0.2) is 24.3 Å². The van der Waals surface area contributed by atoms with Crippen molar-refractivity contribution in [3.63, 3.8) is 0 Å². The van der Waals surface area contributed by atoms with E-state index in [1.165, 1.54) is 4.90 Å². The number of carbonyl (C=O) groups is 4. The molecular weight excluding hydrogens is 462 g/mol. The van der Waals surface area contributed by atoms with Gasteiger partial charge in [0.1, 0.15) is 24.4 Å². The van der Waals surface area contributed by atoms with Crippen LogP contribution in [0.1, 0.15) is 49.9 Å². The minimum absolute atomic E-state index is 0.163. The van der Waals surface area contributed by atoms with Gasteiger partial charge in [0, 0.05) is 13.6 Å². The Morgan fingerprint density at radius 3 is 2.58 bits per heavy atom. The Labute approximate surface area is 214 Å². The first-order chi connectivity index (χ1) is 17.1. The molecule has 200 valence electrons. The maximum atomic E-state index is 13.1. The van der Waals surface area contributed by atoms with Crippen molar-refractivity contribution in [2.45, 2.75) is 51.6 Å². The molecule has 1 aliphatic rings. The average Bonchev–Trinajstić information content (AvgIpc) is 2.81. The van der Waals surface area contributed by atoms with Gasteiger partial charge in [-0.05, 0) is 58.0 Å². The highest BCUT2D eigenvalue weighted by molar-refractivity contribution is 6.01. The van der Waals surface area contributed by atoms with Gasteiger partial charge in [0.05, 0.1) is 18.5 Å².